The van der Waals surface area contributed by atoms with E-state index in [0.717, 1.165) is 11.0 Å². The Morgan fingerprint density at radius 2 is 1.88 bits per heavy atom. The number of benzene rings is 2. The molecule has 5 nitrogen and oxygen atoms in total. The van der Waals surface area contributed by atoms with Crippen molar-refractivity contribution in [1.29, 1.82) is 0 Å². The molecule has 1 amide bonds. The van der Waals surface area contributed by atoms with Gasteiger partial charge in [0.15, 0.2) is 11.3 Å². The number of hydrazone groups is 1. The Morgan fingerprint density at radius 3 is 2.62 bits per heavy atom. The minimum atomic E-state index is -0.611. The summed E-state index contributed by atoms with van der Waals surface area (Å²) in [6.45, 7) is 2.00. The number of thioether (sulfide) groups is 1. The molecule has 0 saturated heterocycles. The lowest BCUT2D eigenvalue weighted by molar-refractivity contribution is -0.116. The summed E-state index contributed by atoms with van der Waals surface area (Å²) in [6.07, 6.45) is -0.611. The van der Waals surface area contributed by atoms with Crippen molar-refractivity contribution in [3.8, 4) is 0 Å². The van der Waals surface area contributed by atoms with E-state index >= 15 is 0 Å². The van der Waals surface area contributed by atoms with Crippen LogP contribution in [0.15, 0.2) is 52.6 Å². The Labute approximate surface area is 164 Å². The number of hydrogen-bond acceptors (Lipinski definition) is 5. The predicted octanol–water partition coefficient (Wildman–Crippen LogP) is 2.89. The van der Waals surface area contributed by atoms with Crippen molar-refractivity contribution in [1.82, 2.24) is 10.3 Å². The van der Waals surface area contributed by atoms with E-state index in [2.05, 4.69) is 10.4 Å². The third-order valence-corrected chi connectivity index (χ3v) is 5.46. The highest BCUT2D eigenvalue weighted by Crippen LogP contribution is 2.38. The number of halogens is 2. The fourth-order valence-corrected chi connectivity index (χ4v) is 4.15. The lowest BCUT2D eigenvalue weighted by Gasteiger charge is -2.34. The van der Waals surface area contributed by atoms with Crippen molar-refractivity contribution in [2.75, 3.05) is 5.75 Å². The van der Waals surface area contributed by atoms with Crippen molar-refractivity contribution < 1.29 is 4.79 Å². The van der Waals surface area contributed by atoms with Gasteiger partial charge < -0.3 is 0 Å². The zero-order valence-electron chi connectivity index (χ0n) is 13.7. The number of amidine groups is 1. The van der Waals surface area contributed by atoms with Gasteiger partial charge in [-0.3, -0.25) is 15.1 Å². The van der Waals surface area contributed by atoms with E-state index < -0.39 is 6.17 Å². The van der Waals surface area contributed by atoms with E-state index in [1.807, 2.05) is 31.2 Å². The van der Waals surface area contributed by atoms with Gasteiger partial charge >= 0.3 is 0 Å². The Morgan fingerprint density at radius 1 is 1.15 bits per heavy atom. The number of carbonyl (C=O) groups is 1. The first kappa shape index (κ1) is 17.4. The molecule has 0 saturated carbocycles. The molecule has 2 aliphatic rings. The molecule has 26 heavy (non-hydrogen) atoms. The average Bonchev–Trinajstić information content (AvgIpc) is 2.61. The SMILES string of the molecule is CCSC1=NN2C(=c3ccccc3=NC2c2c(Cl)cccc2Cl)C(=O)N1. The molecule has 2 aromatic carbocycles. The van der Waals surface area contributed by atoms with Crippen LogP contribution < -0.4 is 15.9 Å². The molecule has 132 valence electrons. The van der Waals surface area contributed by atoms with E-state index in [4.69, 9.17) is 28.2 Å². The topological polar surface area (TPSA) is 57.1 Å². The van der Waals surface area contributed by atoms with Crippen molar-refractivity contribution in [2.45, 2.75) is 13.1 Å². The number of nitrogens with zero attached hydrogens (tertiary/aromatic N) is 3. The summed E-state index contributed by atoms with van der Waals surface area (Å²) in [5.74, 6) is 0.569. The molecular weight excluding hydrogens is 391 g/mol. The standard InChI is InChI=1S/C18H14Cl2N4OS/c1-2-26-18-22-17(25)15-10-6-3-4-9-13(10)21-16(24(15)23-18)14-11(19)7-5-8-12(14)20/h3-9,16H,2H2,1H3,(H,22,23,25). The molecule has 8 heteroatoms. The summed E-state index contributed by atoms with van der Waals surface area (Å²) in [5, 5.41) is 12.0. The maximum Gasteiger partial charge on any atom is 0.276 e. The molecule has 0 aromatic heterocycles. The van der Waals surface area contributed by atoms with Gasteiger partial charge in [-0.2, -0.15) is 0 Å². The van der Waals surface area contributed by atoms with Crippen molar-refractivity contribution in [3.63, 3.8) is 0 Å². The first-order valence-electron chi connectivity index (χ1n) is 8.03. The summed E-state index contributed by atoms with van der Waals surface area (Å²) in [6, 6.07) is 12.8. The van der Waals surface area contributed by atoms with Crippen molar-refractivity contribution >= 4 is 51.7 Å². The average molecular weight is 405 g/mol. The molecule has 0 fully saturated rings. The third kappa shape index (κ3) is 2.88. The van der Waals surface area contributed by atoms with Crippen LogP contribution in [0.1, 0.15) is 18.7 Å². The second-order valence-corrected chi connectivity index (χ2v) is 7.71. The molecule has 2 heterocycles. The third-order valence-electron chi connectivity index (χ3n) is 4.05. The van der Waals surface area contributed by atoms with Crippen molar-refractivity contribution in [2.24, 2.45) is 10.1 Å². The number of amides is 1. The van der Waals surface area contributed by atoms with Crippen LogP contribution in [0, 0.1) is 0 Å². The highest BCUT2D eigenvalue weighted by atomic mass is 35.5. The summed E-state index contributed by atoms with van der Waals surface area (Å²) < 4.78 is 0. The van der Waals surface area contributed by atoms with Gasteiger partial charge in [0, 0.05) is 20.8 Å². The normalized spacial score (nSPS) is 18.5. The molecular formula is C18H14Cl2N4OS. The van der Waals surface area contributed by atoms with E-state index in [9.17, 15) is 4.79 Å². The van der Waals surface area contributed by atoms with Crippen molar-refractivity contribution in [3.05, 3.63) is 68.6 Å². The van der Waals surface area contributed by atoms with Crippen LogP contribution in [0.25, 0.3) is 5.70 Å². The van der Waals surface area contributed by atoms with Crippen LogP contribution in [0.4, 0.5) is 0 Å². The van der Waals surface area contributed by atoms with E-state index in [-0.39, 0.29) is 5.91 Å². The minimum Gasteiger partial charge on any atom is -0.298 e. The summed E-state index contributed by atoms with van der Waals surface area (Å²) in [5.41, 5.74) is 1.07. The largest absolute Gasteiger partial charge is 0.298 e. The Kier molecular flexibility index (Phi) is 4.65. The van der Waals surface area contributed by atoms with Gasteiger partial charge in [-0.1, -0.05) is 66.2 Å². The molecule has 1 atom stereocenters. The smallest absolute Gasteiger partial charge is 0.276 e. The number of carbonyl (C=O) groups excluding carboxylic acids is 1. The van der Waals surface area contributed by atoms with Crippen LogP contribution in [-0.2, 0) is 4.79 Å². The quantitative estimate of drug-likeness (QED) is 0.836. The Hall–Kier alpha value is -2.02. The fourth-order valence-electron chi connectivity index (χ4n) is 2.97. The number of nitrogens with one attached hydrogen (secondary N) is 1. The van der Waals surface area contributed by atoms with Crippen LogP contribution in [0.3, 0.4) is 0 Å². The lowest BCUT2D eigenvalue weighted by Crippen LogP contribution is -2.50. The lowest BCUT2D eigenvalue weighted by atomic mass is 10.1. The molecule has 2 aromatic rings. The first-order chi connectivity index (χ1) is 12.6. The van der Waals surface area contributed by atoms with Crippen LogP contribution in [0.5, 0.6) is 0 Å². The molecule has 1 unspecified atom stereocenters. The number of hydrogen-bond donors (Lipinski definition) is 1. The molecule has 2 aliphatic heterocycles. The zero-order valence-corrected chi connectivity index (χ0v) is 16.1. The predicted molar refractivity (Wildman–Crippen MR) is 105 cm³/mol. The molecule has 1 N–H and O–H groups in total. The van der Waals surface area contributed by atoms with Gasteiger partial charge in [0.25, 0.3) is 5.91 Å². The number of rotatable bonds is 2. The molecule has 0 bridgehead atoms. The number of fused-ring (bicyclic) bond motifs is 2. The Bertz CT molecular complexity index is 1030. The van der Waals surface area contributed by atoms with Gasteiger partial charge in [0.1, 0.15) is 5.70 Å². The van der Waals surface area contributed by atoms with E-state index in [0.29, 0.717) is 31.8 Å². The van der Waals surface area contributed by atoms with Gasteiger partial charge in [0.2, 0.25) is 0 Å². The summed E-state index contributed by atoms with van der Waals surface area (Å²) in [4.78, 5) is 17.6. The fraction of sp³-hybridized carbons (Fsp3) is 0.167. The highest BCUT2D eigenvalue weighted by Gasteiger charge is 2.36. The monoisotopic (exact) mass is 404 g/mol. The van der Waals surface area contributed by atoms with Gasteiger partial charge in [0.05, 0.1) is 5.36 Å². The maximum atomic E-state index is 12.8. The summed E-state index contributed by atoms with van der Waals surface area (Å²) in [7, 11) is 0. The molecule has 0 radical (unpaired) electrons. The van der Waals surface area contributed by atoms with E-state index in [1.165, 1.54) is 11.8 Å². The van der Waals surface area contributed by atoms with Gasteiger partial charge in [-0.15, -0.1) is 5.10 Å². The van der Waals surface area contributed by atoms with Crippen LogP contribution in [-0.4, -0.2) is 21.8 Å². The number of para-hydroxylation sites is 1. The zero-order chi connectivity index (χ0) is 18.3. The van der Waals surface area contributed by atoms with Crippen LogP contribution >= 0.6 is 35.0 Å². The molecule has 0 spiro atoms. The van der Waals surface area contributed by atoms with Crippen LogP contribution in [0.2, 0.25) is 10.0 Å². The maximum absolute atomic E-state index is 12.8. The molecule has 4 rings (SSSR count). The second kappa shape index (κ2) is 6.95. The highest BCUT2D eigenvalue weighted by molar-refractivity contribution is 8.13. The minimum absolute atomic E-state index is 0.216. The van der Waals surface area contributed by atoms with Gasteiger partial charge in [-0.25, -0.2) is 5.01 Å². The van der Waals surface area contributed by atoms with Gasteiger partial charge in [-0.05, 0) is 24.0 Å². The summed E-state index contributed by atoms with van der Waals surface area (Å²) >= 11 is 14.3. The molecule has 0 aliphatic carbocycles. The second-order valence-electron chi connectivity index (χ2n) is 5.64. The first-order valence-corrected chi connectivity index (χ1v) is 9.77. The Balaban J connectivity index is 2.00. The van der Waals surface area contributed by atoms with E-state index in [1.54, 1.807) is 23.2 Å².